The molecule has 0 saturated heterocycles. The fourth-order valence-electron chi connectivity index (χ4n) is 1.83. The Balaban J connectivity index is 2.76. The van der Waals surface area contributed by atoms with Crippen molar-refractivity contribution in [2.45, 2.75) is 32.4 Å². The molecular weight excluding hydrogens is 326 g/mol. The maximum Gasteiger partial charge on any atom is 0.435 e. The third-order valence-corrected chi connectivity index (χ3v) is 3.36. The molecule has 2 aromatic rings. The normalized spacial score (nSPS) is 12.8. The monoisotopic (exact) mass is 337 g/mol. The summed E-state index contributed by atoms with van der Waals surface area (Å²) in [4.78, 5) is 3.79. The minimum absolute atomic E-state index is 0.129. The van der Waals surface area contributed by atoms with E-state index in [0.29, 0.717) is 5.69 Å². The van der Waals surface area contributed by atoms with Crippen molar-refractivity contribution in [1.82, 2.24) is 14.8 Å². The summed E-state index contributed by atoms with van der Waals surface area (Å²) in [7, 11) is 0. The number of alkyl halides is 3. The van der Waals surface area contributed by atoms with Crippen molar-refractivity contribution in [1.29, 1.82) is 0 Å². The van der Waals surface area contributed by atoms with Crippen LogP contribution >= 0.6 is 23.2 Å². The van der Waals surface area contributed by atoms with Crippen LogP contribution in [-0.4, -0.2) is 14.8 Å². The Bertz CT molecular complexity index is 652. The van der Waals surface area contributed by atoms with Gasteiger partial charge in [-0.15, -0.1) is 0 Å². The number of aromatic nitrogens is 3. The Morgan fingerprint density at radius 1 is 1.05 bits per heavy atom. The van der Waals surface area contributed by atoms with E-state index in [1.807, 2.05) is 0 Å². The van der Waals surface area contributed by atoms with Crippen LogP contribution in [0.4, 0.5) is 13.2 Å². The molecule has 0 amide bonds. The van der Waals surface area contributed by atoms with Crippen LogP contribution in [0.1, 0.15) is 32.2 Å². The first kappa shape index (κ1) is 16.1. The zero-order chi connectivity index (χ0) is 16.0. The third-order valence-electron chi connectivity index (χ3n) is 2.81. The lowest BCUT2D eigenvalue weighted by molar-refractivity contribution is -0.141. The first-order valence-electron chi connectivity index (χ1n) is 5.99. The number of hydrogen-bond donors (Lipinski definition) is 0. The van der Waals surface area contributed by atoms with Gasteiger partial charge in [-0.25, -0.2) is 4.68 Å². The van der Waals surface area contributed by atoms with Crippen molar-refractivity contribution in [3.63, 3.8) is 0 Å². The van der Waals surface area contributed by atoms with Crippen LogP contribution in [0, 0.1) is 0 Å². The summed E-state index contributed by atoms with van der Waals surface area (Å²) < 4.78 is 39.9. The average molecular weight is 338 g/mol. The SMILES string of the molecule is CC(C)(C)c1cc(C(F)(F)F)nn1-c1c(Cl)cncc1Cl. The second-order valence-electron chi connectivity index (χ2n) is 5.53. The molecule has 2 heterocycles. The summed E-state index contributed by atoms with van der Waals surface area (Å²) in [6, 6.07) is 1.01. The molecule has 0 radical (unpaired) electrons. The molecule has 0 aliphatic carbocycles. The van der Waals surface area contributed by atoms with E-state index in [0.717, 1.165) is 10.7 Å². The molecular formula is C13H12Cl2F3N3. The van der Waals surface area contributed by atoms with E-state index < -0.39 is 17.3 Å². The Labute approximate surface area is 129 Å². The minimum Gasteiger partial charge on any atom is -0.261 e. The van der Waals surface area contributed by atoms with Crippen LogP contribution in [0.5, 0.6) is 0 Å². The Morgan fingerprint density at radius 2 is 1.57 bits per heavy atom. The highest BCUT2D eigenvalue weighted by Crippen LogP contribution is 2.36. The molecule has 0 aromatic carbocycles. The predicted octanol–water partition coefficient (Wildman–Crippen LogP) is 4.89. The fraction of sp³-hybridized carbons (Fsp3) is 0.385. The highest BCUT2D eigenvalue weighted by Gasteiger charge is 2.37. The summed E-state index contributed by atoms with van der Waals surface area (Å²) >= 11 is 12.0. The molecule has 0 spiro atoms. The maximum absolute atomic E-state index is 12.9. The summed E-state index contributed by atoms with van der Waals surface area (Å²) in [5, 5.41) is 3.89. The van der Waals surface area contributed by atoms with Crippen molar-refractivity contribution >= 4 is 23.2 Å². The van der Waals surface area contributed by atoms with Gasteiger partial charge in [-0.3, -0.25) is 4.98 Å². The van der Waals surface area contributed by atoms with Crippen molar-refractivity contribution in [3.05, 3.63) is 39.9 Å². The first-order valence-corrected chi connectivity index (χ1v) is 6.74. The highest BCUT2D eigenvalue weighted by atomic mass is 35.5. The molecule has 2 rings (SSSR count). The Morgan fingerprint density at radius 3 is 2.00 bits per heavy atom. The number of nitrogens with zero attached hydrogens (tertiary/aromatic N) is 3. The molecule has 0 atom stereocenters. The summed E-state index contributed by atoms with van der Waals surface area (Å²) in [6.45, 7) is 5.34. The Kier molecular flexibility index (Phi) is 3.97. The smallest absolute Gasteiger partial charge is 0.261 e. The third kappa shape index (κ3) is 3.16. The standard InChI is InChI=1S/C13H12Cl2F3N3/c1-12(2,3)10-4-9(13(16,17)18)20-21(10)11-7(14)5-19-6-8(11)15/h4-6H,1-3H3. The van der Waals surface area contributed by atoms with E-state index in [1.165, 1.54) is 12.4 Å². The lowest BCUT2D eigenvalue weighted by Gasteiger charge is -2.21. The van der Waals surface area contributed by atoms with Gasteiger partial charge >= 0.3 is 6.18 Å². The summed E-state index contributed by atoms with van der Waals surface area (Å²) in [6.07, 6.45) is -1.93. The molecule has 0 N–H and O–H groups in total. The molecule has 114 valence electrons. The van der Waals surface area contributed by atoms with Gasteiger partial charge < -0.3 is 0 Å². The van der Waals surface area contributed by atoms with Crippen LogP contribution in [0.2, 0.25) is 10.0 Å². The number of rotatable bonds is 1. The topological polar surface area (TPSA) is 30.7 Å². The Hall–Kier alpha value is -1.27. The van der Waals surface area contributed by atoms with Gasteiger partial charge in [-0.05, 0) is 6.07 Å². The van der Waals surface area contributed by atoms with E-state index in [-0.39, 0.29) is 15.7 Å². The average Bonchev–Trinajstić information content (AvgIpc) is 2.72. The number of hydrogen-bond acceptors (Lipinski definition) is 2. The lowest BCUT2D eigenvalue weighted by atomic mass is 9.91. The van der Waals surface area contributed by atoms with E-state index in [1.54, 1.807) is 20.8 Å². The van der Waals surface area contributed by atoms with Crippen molar-refractivity contribution in [2.75, 3.05) is 0 Å². The second-order valence-corrected chi connectivity index (χ2v) is 6.34. The number of halogens is 5. The molecule has 2 aromatic heterocycles. The van der Waals surface area contributed by atoms with Crippen molar-refractivity contribution in [3.8, 4) is 5.69 Å². The van der Waals surface area contributed by atoms with Gasteiger partial charge in [0.05, 0.1) is 15.7 Å². The second kappa shape index (κ2) is 5.18. The zero-order valence-electron chi connectivity index (χ0n) is 11.5. The fourth-order valence-corrected chi connectivity index (χ4v) is 2.36. The molecule has 0 saturated carbocycles. The largest absolute Gasteiger partial charge is 0.435 e. The van der Waals surface area contributed by atoms with E-state index >= 15 is 0 Å². The number of pyridine rings is 1. The molecule has 0 aliphatic heterocycles. The lowest BCUT2D eigenvalue weighted by Crippen LogP contribution is -2.18. The van der Waals surface area contributed by atoms with Crippen LogP contribution in [-0.2, 0) is 11.6 Å². The van der Waals surface area contributed by atoms with Gasteiger partial charge in [-0.2, -0.15) is 18.3 Å². The molecule has 3 nitrogen and oxygen atoms in total. The molecule has 0 unspecified atom stereocenters. The maximum atomic E-state index is 12.9. The summed E-state index contributed by atoms with van der Waals surface area (Å²) in [5.41, 5.74) is -1.03. The zero-order valence-corrected chi connectivity index (χ0v) is 13.0. The van der Waals surface area contributed by atoms with Crippen LogP contribution in [0.15, 0.2) is 18.5 Å². The quantitative estimate of drug-likeness (QED) is 0.741. The van der Waals surface area contributed by atoms with E-state index in [2.05, 4.69) is 10.1 Å². The van der Waals surface area contributed by atoms with E-state index in [4.69, 9.17) is 23.2 Å². The predicted molar refractivity (Wildman–Crippen MR) is 75.1 cm³/mol. The molecule has 21 heavy (non-hydrogen) atoms. The van der Waals surface area contributed by atoms with Gasteiger partial charge in [0.1, 0.15) is 5.69 Å². The van der Waals surface area contributed by atoms with Gasteiger partial charge in [0.15, 0.2) is 5.69 Å². The van der Waals surface area contributed by atoms with Crippen LogP contribution < -0.4 is 0 Å². The van der Waals surface area contributed by atoms with E-state index in [9.17, 15) is 13.2 Å². The van der Waals surface area contributed by atoms with Gasteiger partial charge in [0.25, 0.3) is 0 Å². The molecule has 0 bridgehead atoms. The van der Waals surface area contributed by atoms with Gasteiger partial charge in [0, 0.05) is 17.8 Å². The molecule has 0 fully saturated rings. The minimum atomic E-state index is -4.54. The van der Waals surface area contributed by atoms with Gasteiger partial charge in [-0.1, -0.05) is 44.0 Å². The van der Waals surface area contributed by atoms with Gasteiger partial charge in [0.2, 0.25) is 0 Å². The highest BCUT2D eigenvalue weighted by molar-refractivity contribution is 6.37. The summed E-state index contributed by atoms with van der Waals surface area (Å²) in [5.74, 6) is 0. The molecule has 8 heteroatoms. The molecule has 0 aliphatic rings. The first-order chi connectivity index (χ1) is 9.51. The van der Waals surface area contributed by atoms with Crippen LogP contribution in [0.25, 0.3) is 5.69 Å². The van der Waals surface area contributed by atoms with Crippen molar-refractivity contribution < 1.29 is 13.2 Å². The van der Waals surface area contributed by atoms with Crippen molar-refractivity contribution in [2.24, 2.45) is 0 Å². The van der Waals surface area contributed by atoms with Crippen LogP contribution in [0.3, 0.4) is 0 Å².